The Labute approximate surface area is 97.8 Å². The number of rotatable bonds is 5. The summed E-state index contributed by atoms with van der Waals surface area (Å²) >= 11 is 0. The van der Waals surface area contributed by atoms with Crippen LogP contribution in [0.2, 0.25) is 0 Å². The van der Waals surface area contributed by atoms with Gasteiger partial charge in [-0.1, -0.05) is 27.2 Å². The lowest BCUT2D eigenvalue weighted by Gasteiger charge is -2.47. The fourth-order valence-corrected chi connectivity index (χ4v) is 2.29. The van der Waals surface area contributed by atoms with Gasteiger partial charge >= 0.3 is 0 Å². The summed E-state index contributed by atoms with van der Waals surface area (Å²) in [6, 6.07) is -0.411. The van der Waals surface area contributed by atoms with E-state index in [0.29, 0.717) is 25.4 Å². The number of nitrogens with two attached hydrogens (primary N) is 1. The first-order chi connectivity index (χ1) is 7.38. The van der Waals surface area contributed by atoms with Crippen LogP contribution in [0.5, 0.6) is 0 Å². The van der Waals surface area contributed by atoms with Crippen molar-refractivity contribution in [2.45, 2.75) is 51.7 Å². The van der Waals surface area contributed by atoms with Gasteiger partial charge in [-0.05, 0) is 18.8 Å². The molecule has 1 heterocycles. The molecule has 1 aliphatic rings. The molecule has 1 aliphatic heterocycles. The number of hydrogen-bond acceptors (Lipinski definition) is 3. The van der Waals surface area contributed by atoms with E-state index in [1.807, 2.05) is 6.92 Å². The number of carbonyl (C=O) groups is 1. The van der Waals surface area contributed by atoms with Crippen molar-refractivity contribution in [3.8, 4) is 0 Å². The molecule has 0 aromatic carbocycles. The van der Waals surface area contributed by atoms with Crippen LogP contribution in [0, 0.1) is 5.92 Å². The summed E-state index contributed by atoms with van der Waals surface area (Å²) in [5.74, 6) is 0.407. The van der Waals surface area contributed by atoms with Crippen molar-refractivity contribution in [3.63, 3.8) is 0 Å². The topological polar surface area (TPSA) is 66.6 Å². The molecule has 0 bridgehead atoms. The van der Waals surface area contributed by atoms with Crippen molar-refractivity contribution >= 4 is 5.91 Å². The van der Waals surface area contributed by atoms with Gasteiger partial charge in [0, 0.05) is 0 Å². The largest absolute Gasteiger partial charge is 0.386 e. The first kappa shape index (κ1) is 13.5. The van der Waals surface area contributed by atoms with Gasteiger partial charge in [0.2, 0.25) is 5.91 Å². The maximum Gasteiger partial charge on any atom is 0.239 e. The first-order valence-electron chi connectivity index (χ1n) is 6.14. The fourth-order valence-electron chi connectivity index (χ4n) is 2.29. The third-order valence-corrected chi connectivity index (χ3v) is 3.04. The van der Waals surface area contributed by atoms with Crippen LogP contribution >= 0.6 is 0 Å². The Morgan fingerprint density at radius 1 is 1.50 bits per heavy atom. The highest BCUT2D eigenvalue weighted by Crippen LogP contribution is 2.26. The molecule has 4 heteroatoms. The maximum atomic E-state index is 11.8. The Bertz CT molecular complexity index is 247. The van der Waals surface area contributed by atoms with E-state index >= 15 is 0 Å². The number of nitrogens with zero attached hydrogens (tertiary/aromatic N) is 1. The van der Waals surface area contributed by atoms with Gasteiger partial charge in [0.25, 0.3) is 0 Å². The summed E-state index contributed by atoms with van der Waals surface area (Å²) in [4.78, 5) is 13.5. The monoisotopic (exact) mass is 228 g/mol. The summed E-state index contributed by atoms with van der Waals surface area (Å²) in [7, 11) is 0. The zero-order valence-corrected chi connectivity index (χ0v) is 10.6. The predicted molar refractivity (Wildman–Crippen MR) is 63.9 cm³/mol. The molecule has 1 saturated heterocycles. The van der Waals surface area contributed by atoms with E-state index in [0.717, 1.165) is 12.8 Å². The molecule has 0 aromatic rings. The average Bonchev–Trinajstić information content (AvgIpc) is 2.12. The number of hydrogen-bond donors (Lipinski definition) is 2. The summed E-state index contributed by atoms with van der Waals surface area (Å²) < 4.78 is 0. The van der Waals surface area contributed by atoms with Crippen LogP contribution in [-0.2, 0) is 4.79 Å². The van der Waals surface area contributed by atoms with Gasteiger partial charge in [0.1, 0.15) is 0 Å². The lowest BCUT2D eigenvalue weighted by Crippen LogP contribution is -2.65. The number of amides is 1. The first-order valence-corrected chi connectivity index (χ1v) is 6.14. The maximum absolute atomic E-state index is 11.8. The van der Waals surface area contributed by atoms with Gasteiger partial charge < -0.3 is 15.7 Å². The molecule has 16 heavy (non-hydrogen) atoms. The standard InChI is InChI=1S/C12H24N2O2/c1-4-5-12(16)7-14(8-12)11(15)10(13)6-9(2)3/h9-10,16H,4-8,13H2,1-3H3/t10-/m0/s1. The molecule has 0 spiro atoms. The molecule has 1 amide bonds. The second kappa shape index (κ2) is 5.15. The molecule has 3 N–H and O–H groups in total. The van der Waals surface area contributed by atoms with E-state index in [9.17, 15) is 9.90 Å². The van der Waals surface area contributed by atoms with E-state index in [1.165, 1.54) is 0 Å². The Morgan fingerprint density at radius 3 is 2.50 bits per heavy atom. The van der Waals surface area contributed by atoms with Crippen molar-refractivity contribution in [2.24, 2.45) is 11.7 Å². The molecule has 0 unspecified atom stereocenters. The highest BCUT2D eigenvalue weighted by atomic mass is 16.3. The van der Waals surface area contributed by atoms with Gasteiger partial charge in [-0.2, -0.15) is 0 Å². The molecule has 0 radical (unpaired) electrons. The molecule has 0 aliphatic carbocycles. The summed E-state index contributed by atoms with van der Waals surface area (Å²) in [5.41, 5.74) is 5.17. The minimum Gasteiger partial charge on any atom is -0.386 e. The molecule has 94 valence electrons. The Balaban J connectivity index is 2.36. The van der Waals surface area contributed by atoms with Crippen LogP contribution in [-0.4, -0.2) is 40.6 Å². The van der Waals surface area contributed by atoms with Crippen LogP contribution in [0.1, 0.15) is 40.0 Å². The molecule has 1 rings (SSSR count). The molecule has 1 fully saturated rings. The van der Waals surface area contributed by atoms with Crippen LogP contribution in [0.3, 0.4) is 0 Å². The Morgan fingerprint density at radius 2 is 2.06 bits per heavy atom. The second-order valence-corrected chi connectivity index (χ2v) is 5.40. The molecule has 0 saturated carbocycles. The highest BCUT2D eigenvalue weighted by molar-refractivity contribution is 5.82. The van der Waals surface area contributed by atoms with Gasteiger partial charge in [-0.25, -0.2) is 0 Å². The van der Waals surface area contributed by atoms with E-state index in [1.54, 1.807) is 4.90 Å². The molecular formula is C12H24N2O2. The Hall–Kier alpha value is -0.610. The van der Waals surface area contributed by atoms with Crippen molar-refractivity contribution in [2.75, 3.05) is 13.1 Å². The molecule has 0 aromatic heterocycles. The van der Waals surface area contributed by atoms with Crippen molar-refractivity contribution in [3.05, 3.63) is 0 Å². The van der Waals surface area contributed by atoms with Gasteiger partial charge in [0.15, 0.2) is 0 Å². The number of β-amino-alcohol motifs (C(OH)–C–C–N with tert-alkyl or cyclic N) is 1. The summed E-state index contributed by atoms with van der Waals surface area (Å²) in [6.07, 6.45) is 2.41. The zero-order chi connectivity index (χ0) is 12.3. The summed E-state index contributed by atoms with van der Waals surface area (Å²) in [6.45, 7) is 7.04. The average molecular weight is 228 g/mol. The van der Waals surface area contributed by atoms with Crippen molar-refractivity contribution in [1.82, 2.24) is 4.90 Å². The SMILES string of the molecule is CCCC1(O)CN(C(=O)[C@@H](N)CC(C)C)C1. The zero-order valence-electron chi connectivity index (χ0n) is 10.6. The Kier molecular flexibility index (Phi) is 4.33. The van der Waals surface area contributed by atoms with Crippen molar-refractivity contribution < 1.29 is 9.90 Å². The minimum atomic E-state index is -0.651. The van der Waals surface area contributed by atoms with Crippen LogP contribution in [0.4, 0.5) is 0 Å². The lowest BCUT2D eigenvalue weighted by molar-refractivity contribution is -0.158. The number of carbonyl (C=O) groups excluding carboxylic acids is 1. The van der Waals surface area contributed by atoms with E-state index in [2.05, 4.69) is 13.8 Å². The van der Waals surface area contributed by atoms with Crippen LogP contribution in [0.25, 0.3) is 0 Å². The smallest absolute Gasteiger partial charge is 0.239 e. The van der Waals surface area contributed by atoms with Gasteiger partial charge in [-0.3, -0.25) is 4.79 Å². The van der Waals surface area contributed by atoms with Gasteiger partial charge in [0.05, 0.1) is 24.7 Å². The van der Waals surface area contributed by atoms with E-state index in [4.69, 9.17) is 5.73 Å². The lowest BCUT2D eigenvalue weighted by atomic mass is 9.88. The molecule has 1 atom stereocenters. The summed E-state index contributed by atoms with van der Waals surface area (Å²) in [5, 5.41) is 9.96. The highest BCUT2D eigenvalue weighted by Gasteiger charge is 2.43. The van der Waals surface area contributed by atoms with Crippen LogP contribution in [0.15, 0.2) is 0 Å². The normalized spacial score (nSPS) is 20.8. The number of aliphatic hydroxyl groups is 1. The van der Waals surface area contributed by atoms with Gasteiger partial charge in [-0.15, -0.1) is 0 Å². The van der Waals surface area contributed by atoms with Crippen LogP contribution < -0.4 is 5.73 Å². The van der Waals surface area contributed by atoms with Crippen molar-refractivity contribution in [1.29, 1.82) is 0 Å². The third kappa shape index (κ3) is 3.19. The quantitative estimate of drug-likeness (QED) is 0.729. The fraction of sp³-hybridized carbons (Fsp3) is 0.917. The second-order valence-electron chi connectivity index (χ2n) is 5.40. The van der Waals surface area contributed by atoms with E-state index in [-0.39, 0.29) is 5.91 Å². The van der Waals surface area contributed by atoms with E-state index < -0.39 is 11.6 Å². The minimum absolute atomic E-state index is 0.0190. The number of likely N-dealkylation sites (tertiary alicyclic amines) is 1. The third-order valence-electron chi connectivity index (χ3n) is 3.04. The molecule has 4 nitrogen and oxygen atoms in total. The molecular weight excluding hydrogens is 204 g/mol. The predicted octanol–water partition coefficient (Wildman–Crippen LogP) is 0.733.